The van der Waals surface area contributed by atoms with E-state index in [1.165, 1.54) is 22.5 Å². The van der Waals surface area contributed by atoms with Crippen LogP contribution in [0.25, 0.3) is 6.08 Å². The summed E-state index contributed by atoms with van der Waals surface area (Å²) in [7, 11) is -3.54. The van der Waals surface area contributed by atoms with Crippen LogP contribution in [-0.4, -0.2) is 47.3 Å². The van der Waals surface area contributed by atoms with Crippen LogP contribution in [0.15, 0.2) is 45.2 Å². The summed E-state index contributed by atoms with van der Waals surface area (Å²) in [5, 5.41) is 5.51. The van der Waals surface area contributed by atoms with E-state index in [1.54, 1.807) is 31.4 Å². The van der Waals surface area contributed by atoms with Crippen molar-refractivity contribution in [3.8, 4) is 0 Å². The van der Waals surface area contributed by atoms with E-state index in [-0.39, 0.29) is 16.5 Å². The highest BCUT2D eigenvalue weighted by Crippen LogP contribution is 2.21. The van der Waals surface area contributed by atoms with Crippen molar-refractivity contribution in [3.63, 3.8) is 0 Å². The average Bonchev–Trinajstić information content (AvgIpc) is 3.26. The van der Waals surface area contributed by atoms with Crippen LogP contribution in [0.4, 0.5) is 0 Å². The van der Waals surface area contributed by atoms with Gasteiger partial charge in [-0.15, -0.1) is 5.10 Å². The highest BCUT2D eigenvalue weighted by molar-refractivity contribution is 7.89. The molecule has 2 aromatic rings. The number of aliphatic imine (C=N–C) groups is 1. The molecule has 3 rings (SSSR count). The van der Waals surface area contributed by atoms with E-state index >= 15 is 0 Å². The first-order valence-electron chi connectivity index (χ1n) is 7.86. The molecule has 1 aliphatic heterocycles. The zero-order valence-corrected chi connectivity index (χ0v) is 15.7. The fourth-order valence-electron chi connectivity index (χ4n) is 2.39. The maximum absolute atomic E-state index is 12.5. The Morgan fingerprint density at radius 1 is 1.19 bits per heavy atom. The maximum Gasteiger partial charge on any atom is 0.363 e. The summed E-state index contributed by atoms with van der Waals surface area (Å²) >= 11 is 1.16. The van der Waals surface area contributed by atoms with Crippen molar-refractivity contribution < 1.29 is 17.9 Å². The minimum atomic E-state index is -3.54. The third-order valence-electron chi connectivity index (χ3n) is 3.73. The zero-order chi connectivity index (χ0) is 18.7. The molecule has 8 nitrogen and oxygen atoms in total. The minimum absolute atomic E-state index is 0.118. The summed E-state index contributed by atoms with van der Waals surface area (Å²) in [5.74, 6) is -0.468. The molecule has 136 valence electrons. The fourth-order valence-corrected chi connectivity index (χ4v) is 4.26. The third-order valence-corrected chi connectivity index (χ3v) is 6.31. The largest absolute Gasteiger partial charge is 0.402 e. The molecule has 0 fully saturated rings. The van der Waals surface area contributed by atoms with Gasteiger partial charge in [-0.05, 0) is 41.9 Å². The molecule has 0 atom stereocenters. The first-order chi connectivity index (χ1) is 12.5. The Kier molecular flexibility index (Phi) is 5.25. The first-order valence-corrected chi connectivity index (χ1v) is 10.1. The van der Waals surface area contributed by atoms with E-state index in [2.05, 4.69) is 14.6 Å². The number of nitrogens with zero attached hydrogens (tertiary/aromatic N) is 4. The molecule has 1 aromatic carbocycles. The normalized spacial score (nSPS) is 16.2. The number of aromatic nitrogens is 2. The summed E-state index contributed by atoms with van der Waals surface area (Å²) in [5.41, 5.74) is 1.15. The summed E-state index contributed by atoms with van der Waals surface area (Å²) in [6.45, 7) is 4.36. The summed E-state index contributed by atoms with van der Waals surface area (Å²) in [4.78, 5) is 16.3. The molecule has 0 aliphatic carbocycles. The van der Waals surface area contributed by atoms with Gasteiger partial charge in [0.25, 0.3) is 0 Å². The standard InChI is InChI=1S/C16H16N4O4S2/c1-3-20(4-2)26(22,23)13-7-5-11(6-8-13)15-17-14(16(21)24-15)9-12-10-25-19-18-12/h5-10H,3-4H2,1-2H3. The molecule has 0 amide bonds. The fraction of sp³-hybridized carbons (Fsp3) is 0.250. The van der Waals surface area contributed by atoms with Crippen molar-refractivity contribution in [2.75, 3.05) is 13.1 Å². The lowest BCUT2D eigenvalue weighted by Crippen LogP contribution is -2.30. The van der Waals surface area contributed by atoms with Gasteiger partial charge in [0.2, 0.25) is 15.9 Å². The van der Waals surface area contributed by atoms with Crippen LogP contribution in [-0.2, 0) is 19.6 Å². The SMILES string of the molecule is CCN(CC)S(=O)(=O)c1ccc(C2=NC(=Cc3csnn3)C(=O)O2)cc1. The second-order valence-electron chi connectivity index (χ2n) is 5.28. The Hall–Kier alpha value is -2.43. The number of ether oxygens (including phenoxy) is 1. The quantitative estimate of drug-likeness (QED) is 0.550. The van der Waals surface area contributed by atoms with Crippen LogP contribution >= 0.6 is 11.5 Å². The molecule has 1 aliphatic rings. The van der Waals surface area contributed by atoms with Crippen LogP contribution in [0.5, 0.6) is 0 Å². The lowest BCUT2D eigenvalue weighted by atomic mass is 10.2. The van der Waals surface area contributed by atoms with Gasteiger partial charge in [-0.2, -0.15) is 4.31 Å². The van der Waals surface area contributed by atoms with E-state index < -0.39 is 16.0 Å². The van der Waals surface area contributed by atoms with Gasteiger partial charge < -0.3 is 4.74 Å². The van der Waals surface area contributed by atoms with Gasteiger partial charge >= 0.3 is 5.97 Å². The Bertz CT molecular complexity index is 960. The Morgan fingerprint density at radius 3 is 2.46 bits per heavy atom. The molecule has 2 heterocycles. The smallest absolute Gasteiger partial charge is 0.363 e. The highest BCUT2D eigenvalue weighted by Gasteiger charge is 2.26. The number of rotatable bonds is 6. The number of carbonyl (C=O) groups excluding carboxylic acids is 1. The molecule has 0 unspecified atom stereocenters. The van der Waals surface area contributed by atoms with E-state index in [9.17, 15) is 13.2 Å². The molecular weight excluding hydrogens is 376 g/mol. The lowest BCUT2D eigenvalue weighted by molar-refractivity contribution is -0.129. The van der Waals surface area contributed by atoms with Gasteiger partial charge in [-0.1, -0.05) is 18.3 Å². The number of esters is 1. The second kappa shape index (κ2) is 7.44. The molecule has 0 saturated heterocycles. The minimum Gasteiger partial charge on any atom is -0.402 e. The van der Waals surface area contributed by atoms with Crippen molar-refractivity contribution in [2.24, 2.45) is 4.99 Å². The van der Waals surface area contributed by atoms with Crippen molar-refractivity contribution >= 4 is 39.5 Å². The second-order valence-corrected chi connectivity index (χ2v) is 7.83. The number of cyclic esters (lactones) is 1. The number of hydrogen-bond acceptors (Lipinski definition) is 8. The van der Waals surface area contributed by atoms with Gasteiger partial charge in [0.15, 0.2) is 5.70 Å². The molecule has 0 saturated carbocycles. The van der Waals surface area contributed by atoms with Crippen molar-refractivity contribution in [2.45, 2.75) is 18.7 Å². The molecule has 0 N–H and O–H groups in total. The summed E-state index contributed by atoms with van der Waals surface area (Å²) < 4.78 is 35.2. The first kappa shape index (κ1) is 18.4. The number of sulfonamides is 1. The number of hydrogen-bond donors (Lipinski definition) is 0. The van der Waals surface area contributed by atoms with Crippen LogP contribution in [0.3, 0.4) is 0 Å². The van der Waals surface area contributed by atoms with Gasteiger partial charge in [-0.25, -0.2) is 18.2 Å². The third kappa shape index (κ3) is 3.57. The Morgan fingerprint density at radius 2 is 1.88 bits per heavy atom. The molecule has 10 heteroatoms. The van der Waals surface area contributed by atoms with Crippen molar-refractivity contribution in [1.29, 1.82) is 0 Å². The summed E-state index contributed by atoms with van der Waals surface area (Å²) in [6.07, 6.45) is 1.48. The van der Waals surface area contributed by atoms with Crippen LogP contribution in [0, 0.1) is 0 Å². The molecule has 1 aromatic heterocycles. The molecule has 0 spiro atoms. The zero-order valence-electron chi connectivity index (χ0n) is 14.1. The maximum atomic E-state index is 12.5. The Balaban J connectivity index is 1.87. The van der Waals surface area contributed by atoms with Crippen molar-refractivity contribution in [1.82, 2.24) is 13.9 Å². The Labute approximate surface area is 155 Å². The van der Waals surface area contributed by atoms with Gasteiger partial charge in [-0.3, -0.25) is 0 Å². The highest BCUT2D eigenvalue weighted by atomic mass is 32.2. The molecule has 0 radical (unpaired) electrons. The molecule has 0 bridgehead atoms. The summed E-state index contributed by atoms with van der Waals surface area (Å²) in [6, 6.07) is 6.09. The molecule has 26 heavy (non-hydrogen) atoms. The van der Waals surface area contributed by atoms with E-state index in [0.717, 1.165) is 11.5 Å². The average molecular weight is 392 g/mol. The topological polar surface area (TPSA) is 102 Å². The van der Waals surface area contributed by atoms with Gasteiger partial charge in [0.05, 0.1) is 4.90 Å². The van der Waals surface area contributed by atoms with Crippen molar-refractivity contribution in [3.05, 3.63) is 46.6 Å². The van der Waals surface area contributed by atoms with Gasteiger partial charge in [0.1, 0.15) is 5.69 Å². The lowest BCUT2D eigenvalue weighted by Gasteiger charge is -2.18. The predicted molar refractivity (Wildman–Crippen MR) is 97.1 cm³/mol. The van der Waals surface area contributed by atoms with E-state index in [1.807, 2.05) is 0 Å². The monoisotopic (exact) mass is 392 g/mol. The van der Waals surface area contributed by atoms with Gasteiger partial charge in [0, 0.05) is 24.0 Å². The molecular formula is C16H16N4O4S2. The van der Waals surface area contributed by atoms with E-state index in [0.29, 0.717) is 24.3 Å². The predicted octanol–water partition coefficient (Wildman–Crippen LogP) is 1.91. The van der Waals surface area contributed by atoms with Crippen LogP contribution < -0.4 is 0 Å². The number of carbonyl (C=O) groups is 1. The van der Waals surface area contributed by atoms with E-state index in [4.69, 9.17) is 4.74 Å². The number of benzene rings is 1. The van der Waals surface area contributed by atoms with Crippen LogP contribution in [0.1, 0.15) is 25.1 Å². The van der Waals surface area contributed by atoms with Crippen LogP contribution in [0.2, 0.25) is 0 Å².